The molecule has 0 bridgehead atoms. The summed E-state index contributed by atoms with van der Waals surface area (Å²) in [4.78, 5) is 14.9. The Hall–Kier alpha value is -3.16. The molecule has 0 atom stereocenters. The average molecular weight is 341 g/mol. The van der Waals surface area contributed by atoms with Gasteiger partial charge in [0.25, 0.3) is 5.69 Å². The topological polar surface area (TPSA) is 95.1 Å². The molecule has 0 aliphatic carbocycles. The Morgan fingerprint density at radius 2 is 2.12 bits per heavy atom. The molecular weight excluding hydrogens is 322 g/mol. The van der Waals surface area contributed by atoms with E-state index in [-0.39, 0.29) is 5.69 Å². The molecule has 0 aliphatic rings. The van der Waals surface area contributed by atoms with Gasteiger partial charge in [-0.2, -0.15) is 5.10 Å². The second-order valence-corrected chi connectivity index (χ2v) is 5.60. The largest absolute Gasteiger partial charge is 0.481 e. The van der Waals surface area contributed by atoms with Crippen molar-refractivity contribution in [2.45, 2.75) is 19.9 Å². The van der Waals surface area contributed by atoms with E-state index in [4.69, 9.17) is 4.74 Å². The van der Waals surface area contributed by atoms with E-state index < -0.39 is 4.92 Å². The number of non-ortho nitro benzene ring substituents is 1. The molecule has 0 amide bonds. The van der Waals surface area contributed by atoms with E-state index in [0.717, 1.165) is 28.9 Å². The smallest absolute Gasteiger partial charge is 0.270 e. The summed E-state index contributed by atoms with van der Waals surface area (Å²) in [5.74, 6) is 1.41. The average Bonchev–Trinajstić information content (AvgIpc) is 2.93. The van der Waals surface area contributed by atoms with E-state index in [1.807, 2.05) is 20.0 Å². The Labute approximate surface area is 144 Å². The normalized spacial score (nSPS) is 10.8. The number of methoxy groups -OCH3 is 1. The van der Waals surface area contributed by atoms with Crippen molar-refractivity contribution in [2.75, 3.05) is 12.4 Å². The molecule has 0 radical (unpaired) electrons. The first-order chi connectivity index (χ1) is 12.0. The lowest BCUT2D eigenvalue weighted by Crippen LogP contribution is -2.05. The predicted octanol–water partition coefficient (Wildman–Crippen LogP) is 3.06. The molecular formula is C17H19N5O3. The van der Waals surface area contributed by atoms with Crippen LogP contribution >= 0.6 is 0 Å². The van der Waals surface area contributed by atoms with E-state index >= 15 is 0 Å². The van der Waals surface area contributed by atoms with Crippen molar-refractivity contribution in [3.8, 4) is 5.88 Å². The van der Waals surface area contributed by atoms with Crippen LogP contribution in [0.25, 0.3) is 10.9 Å². The van der Waals surface area contributed by atoms with Crippen LogP contribution in [-0.2, 0) is 20.0 Å². The van der Waals surface area contributed by atoms with E-state index in [2.05, 4.69) is 15.4 Å². The number of benzene rings is 1. The van der Waals surface area contributed by atoms with Gasteiger partial charge in [-0.1, -0.05) is 6.92 Å². The maximum absolute atomic E-state index is 10.8. The zero-order valence-corrected chi connectivity index (χ0v) is 14.3. The van der Waals surface area contributed by atoms with Gasteiger partial charge >= 0.3 is 0 Å². The number of nitrogens with zero attached hydrogens (tertiary/aromatic N) is 4. The number of nitro groups is 1. The van der Waals surface area contributed by atoms with Gasteiger partial charge in [0.05, 0.1) is 28.8 Å². The summed E-state index contributed by atoms with van der Waals surface area (Å²) in [6.45, 7) is 2.58. The van der Waals surface area contributed by atoms with Gasteiger partial charge in [0.2, 0.25) is 5.88 Å². The van der Waals surface area contributed by atoms with Gasteiger partial charge < -0.3 is 10.1 Å². The molecule has 0 fully saturated rings. The highest BCUT2D eigenvalue weighted by molar-refractivity contribution is 5.82. The molecule has 8 nitrogen and oxygen atoms in total. The SMILES string of the molecule is CCc1nn(C)c(OC)c1CNc1ccc2cc([N+](=O)[O-])ccc2n1. The van der Waals surface area contributed by atoms with Crippen LogP contribution in [-0.4, -0.2) is 26.8 Å². The Bertz CT molecular complexity index is 935. The highest BCUT2D eigenvalue weighted by atomic mass is 16.6. The van der Waals surface area contributed by atoms with E-state index in [0.29, 0.717) is 17.9 Å². The van der Waals surface area contributed by atoms with Crippen LogP contribution in [0.15, 0.2) is 30.3 Å². The number of hydrogen-bond acceptors (Lipinski definition) is 6. The summed E-state index contributed by atoms with van der Waals surface area (Å²) in [6, 6.07) is 8.25. The lowest BCUT2D eigenvalue weighted by Gasteiger charge is -2.09. The molecule has 2 aromatic heterocycles. The number of aromatic nitrogens is 3. The zero-order chi connectivity index (χ0) is 18.0. The van der Waals surface area contributed by atoms with E-state index in [1.165, 1.54) is 12.1 Å². The quantitative estimate of drug-likeness (QED) is 0.547. The first-order valence-electron chi connectivity index (χ1n) is 7.91. The van der Waals surface area contributed by atoms with Crippen molar-refractivity contribution in [1.29, 1.82) is 0 Å². The molecule has 0 spiro atoms. The molecule has 1 N–H and O–H groups in total. The van der Waals surface area contributed by atoms with Crippen LogP contribution < -0.4 is 10.1 Å². The van der Waals surface area contributed by atoms with Crippen LogP contribution in [0.4, 0.5) is 11.5 Å². The number of nitro benzene ring substituents is 1. The molecule has 3 rings (SSSR count). The zero-order valence-electron chi connectivity index (χ0n) is 14.3. The van der Waals surface area contributed by atoms with Crippen LogP contribution in [0.1, 0.15) is 18.2 Å². The number of hydrogen-bond donors (Lipinski definition) is 1. The van der Waals surface area contributed by atoms with Crippen LogP contribution in [0.2, 0.25) is 0 Å². The standard InChI is InChI=1S/C17H19N5O3/c1-4-14-13(17(25-3)21(2)20-14)10-18-16-8-5-11-9-12(22(23)24)6-7-15(11)19-16/h5-9H,4,10H2,1-3H3,(H,18,19). The highest BCUT2D eigenvalue weighted by Gasteiger charge is 2.15. The second kappa shape index (κ2) is 6.76. The van der Waals surface area contributed by atoms with Gasteiger partial charge in [-0.3, -0.25) is 10.1 Å². The minimum absolute atomic E-state index is 0.0580. The molecule has 1 aromatic carbocycles. The van der Waals surface area contributed by atoms with Crippen molar-refractivity contribution in [3.63, 3.8) is 0 Å². The summed E-state index contributed by atoms with van der Waals surface area (Å²) in [5.41, 5.74) is 2.73. The summed E-state index contributed by atoms with van der Waals surface area (Å²) < 4.78 is 7.15. The number of nitrogens with one attached hydrogen (secondary N) is 1. The first-order valence-corrected chi connectivity index (χ1v) is 7.91. The summed E-state index contributed by atoms with van der Waals surface area (Å²) in [6.07, 6.45) is 0.809. The predicted molar refractivity (Wildman–Crippen MR) is 94.9 cm³/mol. The van der Waals surface area contributed by atoms with Gasteiger partial charge in [-0.05, 0) is 24.6 Å². The van der Waals surface area contributed by atoms with Gasteiger partial charge in [-0.25, -0.2) is 9.67 Å². The van der Waals surface area contributed by atoms with Gasteiger partial charge in [0, 0.05) is 31.1 Å². The number of pyridine rings is 1. The number of aryl methyl sites for hydroxylation is 2. The van der Waals surface area contributed by atoms with Gasteiger partial charge in [0.15, 0.2) is 0 Å². The Kier molecular flexibility index (Phi) is 4.51. The van der Waals surface area contributed by atoms with Crippen LogP contribution in [0.3, 0.4) is 0 Å². The Morgan fingerprint density at radius 1 is 1.32 bits per heavy atom. The summed E-state index contributed by atoms with van der Waals surface area (Å²) in [7, 11) is 3.48. The second-order valence-electron chi connectivity index (χ2n) is 5.60. The van der Waals surface area contributed by atoms with Crippen molar-refractivity contribution < 1.29 is 9.66 Å². The molecule has 0 saturated heterocycles. The van der Waals surface area contributed by atoms with Crippen molar-refractivity contribution in [2.24, 2.45) is 7.05 Å². The number of ether oxygens (including phenoxy) is 1. The van der Waals surface area contributed by atoms with Gasteiger partial charge in [0.1, 0.15) is 5.82 Å². The maximum Gasteiger partial charge on any atom is 0.270 e. The molecule has 0 saturated carbocycles. The summed E-state index contributed by atoms with van der Waals surface area (Å²) >= 11 is 0. The fourth-order valence-corrected chi connectivity index (χ4v) is 2.83. The van der Waals surface area contributed by atoms with Crippen molar-refractivity contribution in [1.82, 2.24) is 14.8 Å². The molecule has 0 aliphatic heterocycles. The minimum Gasteiger partial charge on any atom is -0.481 e. The minimum atomic E-state index is -0.410. The highest BCUT2D eigenvalue weighted by Crippen LogP contribution is 2.24. The van der Waals surface area contributed by atoms with E-state index in [1.54, 1.807) is 23.9 Å². The van der Waals surface area contributed by atoms with Crippen LogP contribution in [0.5, 0.6) is 5.88 Å². The molecule has 0 unspecified atom stereocenters. The Balaban J connectivity index is 1.84. The monoisotopic (exact) mass is 341 g/mol. The van der Waals surface area contributed by atoms with E-state index in [9.17, 15) is 10.1 Å². The third-order valence-electron chi connectivity index (χ3n) is 4.03. The lowest BCUT2D eigenvalue weighted by atomic mass is 10.2. The Morgan fingerprint density at radius 3 is 2.80 bits per heavy atom. The van der Waals surface area contributed by atoms with Crippen molar-refractivity contribution >= 4 is 22.4 Å². The fraction of sp³-hybridized carbons (Fsp3) is 0.294. The fourth-order valence-electron chi connectivity index (χ4n) is 2.83. The number of fused-ring (bicyclic) bond motifs is 1. The third-order valence-corrected chi connectivity index (χ3v) is 4.03. The first kappa shape index (κ1) is 16.7. The van der Waals surface area contributed by atoms with Gasteiger partial charge in [-0.15, -0.1) is 0 Å². The lowest BCUT2D eigenvalue weighted by molar-refractivity contribution is -0.384. The van der Waals surface area contributed by atoms with Crippen LogP contribution in [0, 0.1) is 10.1 Å². The molecule has 2 heterocycles. The third kappa shape index (κ3) is 3.23. The molecule has 25 heavy (non-hydrogen) atoms. The molecule has 8 heteroatoms. The number of rotatable bonds is 6. The molecule has 130 valence electrons. The molecule has 3 aromatic rings. The summed E-state index contributed by atoms with van der Waals surface area (Å²) in [5, 5.41) is 19.3. The van der Waals surface area contributed by atoms with Crippen molar-refractivity contribution in [3.05, 3.63) is 51.7 Å². The maximum atomic E-state index is 10.8. The number of anilines is 1.